The van der Waals surface area contributed by atoms with Gasteiger partial charge in [-0.2, -0.15) is 0 Å². The van der Waals surface area contributed by atoms with Crippen LogP contribution in [0.15, 0.2) is 194 Å². The second-order valence-electron chi connectivity index (χ2n) is 15.2. The highest BCUT2D eigenvalue weighted by molar-refractivity contribution is 7.27. The third-order valence-corrected chi connectivity index (χ3v) is 14.6. The molecule has 2 nitrogen and oxygen atoms in total. The van der Waals surface area contributed by atoms with Crippen molar-refractivity contribution in [2.45, 2.75) is 0 Å². The van der Waals surface area contributed by atoms with Crippen LogP contribution in [-0.2, 0) is 0 Å². The summed E-state index contributed by atoms with van der Waals surface area (Å²) in [6.45, 7) is 0. The molecule has 13 rings (SSSR count). The highest BCUT2D eigenvalue weighted by Gasteiger charge is 2.22. The Morgan fingerprint density at radius 1 is 0.310 bits per heavy atom. The van der Waals surface area contributed by atoms with Crippen molar-refractivity contribution in [3.8, 4) is 33.6 Å². The summed E-state index contributed by atoms with van der Waals surface area (Å²) in [5, 5.41) is 10.3. The Labute approximate surface area is 341 Å². The Kier molecular flexibility index (Phi) is 6.79. The molecule has 58 heavy (non-hydrogen) atoms. The lowest BCUT2D eigenvalue weighted by molar-refractivity contribution is 1.18. The van der Waals surface area contributed by atoms with E-state index in [1.165, 1.54) is 112 Å². The number of hydrogen-bond acceptors (Lipinski definition) is 2. The predicted molar refractivity (Wildman–Crippen MR) is 252 cm³/mol. The van der Waals surface area contributed by atoms with Crippen LogP contribution in [0, 0.1) is 0 Å². The molecule has 0 saturated carbocycles. The number of benzene rings is 9. The van der Waals surface area contributed by atoms with Gasteiger partial charge in [0.15, 0.2) is 0 Å². The molecule has 0 aliphatic rings. The molecule has 0 saturated heterocycles. The average Bonchev–Trinajstić information content (AvgIpc) is 4.04. The summed E-state index contributed by atoms with van der Waals surface area (Å²) in [6, 6.07) is 71.7. The van der Waals surface area contributed by atoms with Crippen LogP contribution in [0.5, 0.6) is 0 Å². The molecule has 0 N–H and O–H groups in total. The molecule has 0 spiro atoms. The van der Waals surface area contributed by atoms with E-state index in [2.05, 4.69) is 203 Å². The number of hydrogen-bond donors (Lipinski definition) is 0. The maximum atomic E-state index is 2.54. The Morgan fingerprint density at radius 3 is 1.72 bits per heavy atom. The standard InChI is InChI=1S/C54H32N2S2/c1-3-13-33(14-4-1)34-25-28-47-44(31-34)38-27-29-48-51(43-18-7-9-23-46(43)55(48)35-15-5-2-6-16-35)52(38)56(47)36-26-30-50-45(32-36)42-22-12-21-41(54(42)58-50)40-20-11-19-39-37-17-8-10-24-49(37)57-53(39)40/h1-32H. The van der Waals surface area contributed by atoms with Crippen LogP contribution in [0.25, 0.3) is 118 Å². The molecule has 0 bridgehead atoms. The van der Waals surface area contributed by atoms with Crippen molar-refractivity contribution >= 4 is 107 Å². The van der Waals surface area contributed by atoms with Crippen LogP contribution in [-0.4, -0.2) is 9.13 Å². The minimum atomic E-state index is 1.16. The average molecular weight is 773 g/mol. The zero-order chi connectivity index (χ0) is 37.9. The van der Waals surface area contributed by atoms with Gasteiger partial charge in [0.25, 0.3) is 0 Å². The van der Waals surface area contributed by atoms with Crippen LogP contribution < -0.4 is 0 Å². The molecule has 13 aromatic rings. The Morgan fingerprint density at radius 2 is 0.931 bits per heavy atom. The molecule has 4 aromatic heterocycles. The van der Waals surface area contributed by atoms with Crippen LogP contribution in [0.4, 0.5) is 0 Å². The normalized spacial score (nSPS) is 12.1. The van der Waals surface area contributed by atoms with Gasteiger partial charge in [-0.05, 0) is 71.8 Å². The van der Waals surface area contributed by atoms with Crippen LogP contribution in [0.2, 0.25) is 0 Å². The molecule has 0 atom stereocenters. The zero-order valence-electron chi connectivity index (χ0n) is 31.2. The van der Waals surface area contributed by atoms with Crippen molar-refractivity contribution in [3.63, 3.8) is 0 Å². The number of fused-ring (bicyclic) bond motifs is 13. The van der Waals surface area contributed by atoms with Gasteiger partial charge in [-0.15, -0.1) is 22.7 Å². The van der Waals surface area contributed by atoms with Crippen molar-refractivity contribution < 1.29 is 0 Å². The molecule has 270 valence electrons. The lowest BCUT2D eigenvalue weighted by Crippen LogP contribution is -1.95. The van der Waals surface area contributed by atoms with E-state index in [0.717, 1.165) is 5.69 Å². The number of para-hydroxylation sites is 2. The van der Waals surface area contributed by atoms with Crippen molar-refractivity contribution in [1.82, 2.24) is 9.13 Å². The molecule has 0 aliphatic heterocycles. The maximum Gasteiger partial charge on any atom is 0.0641 e. The van der Waals surface area contributed by atoms with Crippen LogP contribution in [0.1, 0.15) is 0 Å². The number of rotatable bonds is 4. The molecule has 0 radical (unpaired) electrons. The van der Waals surface area contributed by atoms with Crippen LogP contribution >= 0.6 is 22.7 Å². The third kappa shape index (κ3) is 4.53. The van der Waals surface area contributed by atoms with Crippen molar-refractivity contribution in [2.75, 3.05) is 0 Å². The molecule has 4 heterocycles. The van der Waals surface area contributed by atoms with E-state index >= 15 is 0 Å². The van der Waals surface area contributed by atoms with Gasteiger partial charge < -0.3 is 9.13 Å². The summed E-state index contributed by atoms with van der Waals surface area (Å²) in [4.78, 5) is 0. The van der Waals surface area contributed by atoms with Crippen molar-refractivity contribution in [1.29, 1.82) is 0 Å². The minimum absolute atomic E-state index is 1.16. The van der Waals surface area contributed by atoms with E-state index in [0.29, 0.717) is 0 Å². The fourth-order valence-corrected chi connectivity index (χ4v) is 12.0. The summed E-state index contributed by atoms with van der Waals surface area (Å²) in [6.07, 6.45) is 0. The molecular formula is C54H32N2S2. The van der Waals surface area contributed by atoms with Gasteiger partial charge in [-0.1, -0.05) is 133 Å². The number of thiophene rings is 2. The maximum absolute atomic E-state index is 2.54. The van der Waals surface area contributed by atoms with Gasteiger partial charge in [0.1, 0.15) is 0 Å². The lowest BCUT2D eigenvalue weighted by atomic mass is 10.0. The smallest absolute Gasteiger partial charge is 0.0641 e. The topological polar surface area (TPSA) is 9.86 Å². The first-order chi connectivity index (χ1) is 28.8. The lowest BCUT2D eigenvalue weighted by Gasteiger charge is -2.11. The molecule has 0 fully saturated rings. The number of nitrogens with zero attached hydrogens (tertiary/aromatic N) is 2. The van der Waals surface area contributed by atoms with E-state index in [-0.39, 0.29) is 0 Å². The summed E-state index contributed by atoms with van der Waals surface area (Å²) < 4.78 is 10.3. The van der Waals surface area contributed by atoms with E-state index in [4.69, 9.17) is 0 Å². The van der Waals surface area contributed by atoms with Crippen LogP contribution in [0.3, 0.4) is 0 Å². The van der Waals surface area contributed by atoms with Gasteiger partial charge in [0, 0.05) is 84.4 Å². The first-order valence-electron chi connectivity index (χ1n) is 19.8. The highest BCUT2D eigenvalue weighted by atomic mass is 32.1. The molecule has 0 amide bonds. The molecule has 4 heteroatoms. The minimum Gasteiger partial charge on any atom is -0.309 e. The monoisotopic (exact) mass is 772 g/mol. The van der Waals surface area contributed by atoms with Gasteiger partial charge in [-0.3, -0.25) is 0 Å². The summed E-state index contributed by atoms with van der Waals surface area (Å²) in [5.74, 6) is 0. The quantitative estimate of drug-likeness (QED) is 0.169. The van der Waals surface area contributed by atoms with Crippen molar-refractivity contribution in [3.05, 3.63) is 194 Å². The van der Waals surface area contributed by atoms with E-state index in [9.17, 15) is 0 Å². The van der Waals surface area contributed by atoms with Gasteiger partial charge in [0.05, 0.1) is 22.1 Å². The van der Waals surface area contributed by atoms with Gasteiger partial charge >= 0.3 is 0 Å². The Hall–Kier alpha value is -6.98. The SMILES string of the molecule is c1ccc(-c2ccc3c(c2)c2ccc4c(c5ccccc5n4-c4ccccc4)c2n3-c2ccc3sc4c(-c5cccc6c5sc5ccccc56)cccc4c3c2)cc1. The third-order valence-electron chi connectivity index (χ3n) is 12.1. The second-order valence-corrected chi connectivity index (χ2v) is 17.3. The zero-order valence-corrected chi connectivity index (χ0v) is 32.8. The first-order valence-corrected chi connectivity index (χ1v) is 21.4. The second kappa shape index (κ2) is 12.3. The fourth-order valence-electron chi connectivity index (χ4n) is 9.59. The molecule has 9 aromatic carbocycles. The van der Waals surface area contributed by atoms with E-state index < -0.39 is 0 Å². The highest BCUT2D eigenvalue weighted by Crippen LogP contribution is 2.47. The Bertz CT molecular complexity index is 3790. The van der Waals surface area contributed by atoms with E-state index in [1.54, 1.807) is 0 Å². The van der Waals surface area contributed by atoms with Crippen molar-refractivity contribution in [2.24, 2.45) is 0 Å². The predicted octanol–water partition coefficient (Wildman–Crippen LogP) is 16.0. The largest absolute Gasteiger partial charge is 0.309 e. The fraction of sp³-hybridized carbons (Fsp3) is 0. The first kappa shape index (κ1) is 32.1. The van der Waals surface area contributed by atoms with Gasteiger partial charge in [0.2, 0.25) is 0 Å². The van der Waals surface area contributed by atoms with E-state index in [1.807, 2.05) is 22.7 Å². The summed E-state index contributed by atoms with van der Waals surface area (Å²) in [7, 11) is 0. The van der Waals surface area contributed by atoms with Gasteiger partial charge in [-0.25, -0.2) is 0 Å². The molecule has 0 aliphatic carbocycles. The molecular weight excluding hydrogens is 741 g/mol. The Balaban J connectivity index is 1.11. The number of aromatic nitrogens is 2. The summed E-state index contributed by atoms with van der Waals surface area (Å²) in [5.41, 5.74) is 12.2. The summed E-state index contributed by atoms with van der Waals surface area (Å²) >= 11 is 3.81. The molecule has 0 unspecified atom stereocenters.